The molecule has 2 rings (SSSR count). The van der Waals surface area contributed by atoms with Gasteiger partial charge in [-0.2, -0.15) is 0 Å². The van der Waals surface area contributed by atoms with Crippen LogP contribution in [0.5, 0.6) is 0 Å². The van der Waals surface area contributed by atoms with Gasteiger partial charge >= 0.3 is 0 Å². The van der Waals surface area contributed by atoms with E-state index in [2.05, 4.69) is 28.9 Å². The van der Waals surface area contributed by atoms with Crippen molar-refractivity contribution < 1.29 is 5.11 Å². The van der Waals surface area contributed by atoms with Gasteiger partial charge in [0, 0.05) is 18.9 Å². The van der Waals surface area contributed by atoms with Crippen molar-refractivity contribution in [1.82, 2.24) is 4.57 Å². The third-order valence-corrected chi connectivity index (χ3v) is 2.68. The van der Waals surface area contributed by atoms with E-state index >= 15 is 0 Å². The van der Waals surface area contributed by atoms with Crippen molar-refractivity contribution in [2.75, 3.05) is 0 Å². The fourth-order valence-electron chi connectivity index (χ4n) is 1.69. The molecule has 0 spiro atoms. The summed E-state index contributed by atoms with van der Waals surface area (Å²) in [5.41, 5.74) is 2.16. The molecule has 0 aliphatic carbocycles. The lowest BCUT2D eigenvalue weighted by Gasteiger charge is -1.99. The van der Waals surface area contributed by atoms with Crippen LogP contribution >= 0.6 is 0 Å². The summed E-state index contributed by atoms with van der Waals surface area (Å²) in [6.45, 7) is 2.60. The van der Waals surface area contributed by atoms with Gasteiger partial charge in [0.25, 0.3) is 0 Å². The van der Waals surface area contributed by atoms with Gasteiger partial charge in [-0.25, -0.2) is 0 Å². The minimum Gasteiger partial charge on any atom is -0.389 e. The quantitative estimate of drug-likeness (QED) is 0.852. The number of aliphatic hydroxyl groups excluding tert-OH is 1. The monoisotopic (exact) mass is 227 g/mol. The van der Waals surface area contributed by atoms with Crippen LogP contribution in [0, 0.1) is 0 Å². The third-order valence-electron chi connectivity index (χ3n) is 2.68. The number of benzene rings is 1. The fourth-order valence-corrected chi connectivity index (χ4v) is 1.69. The number of aliphatic hydroxyl groups is 1. The molecule has 88 valence electrons. The molecule has 1 N–H and O–H groups in total. The SMILES string of the molecule is CC(O)c1ccn(CC=Cc2ccccc2)c1. The van der Waals surface area contributed by atoms with Gasteiger partial charge < -0.3 is 9.67 Å². The summed E-state index contributed by atoms with van der Waals surface area (Å²) < 4.78 is 2.06. The lowest BCUT2D eigenvalue weighted by molar-refractivity contribution is 0.199. The molecule has 17 heavy (non-hydrogen) atoms. The number of hydrogen-bond donors (Lipinski definition) is 1. The van der Waals surface area contributed by atoms with Crippen LogP contribution < -0.4 is 0 Å². The Morgan fingerprint density at radius 3 is 2.65 bits per heavy atom. The lowest BCUT2D eigenvalue weighted by Crippen LogP contribution is -1.91. The summed E-state index contributed by atoms with van der Waals surface area (Å²) in [5, 5.41) is 9.41. The van der Waals surface area contributed by atoms with Crippen LogP contribution in [0.4, 0.5) is 0 Å². The predicted molar refractivity (Wildman–Crippen MR) is 70.5 cm³/mol. The topological polar surface area (TPSA) is 25.2 Å². The second kappa shape index (κ2) is 5.51. The second-order valence-electron chi connectivity index (χ2n) is 4.13. The van der Waals surface area contributed by atoms with E-state index in [4.69, 9.17) is 0 Å². The van der Waals surface area contributed by atoms with Crippen LogP contribution in [0.15, 0.2) is 54.9 Å². The number of aromatic nitrogens is 1. The fraction of sp³-hybridized carbons (Fsp3) is 0.200. The molecule has 1 unspecified atom stereocenters. The predicted octanol–water partition coefficient (Wildman–Crippen LogP) is 3.25. The van der Waals surface area contributed by atoms with E-state index in [1.807, 2.05) is 36.7 Å². The van der Waals surface area contributed by atoms with E-state index in [1.165, 1.54) is 5.56 Å². The first kappa shape index (κ1) is 11.7. The van der Waals surface area contributed by atoms with Crippen molar-refractivity contribution in [3.05, 3.63) is 66.0 Å². The highest BCUT2D eigenvalue weighted by atomic mass is 16.3. The Kier molecular flexibility index (Phi) is 3.78. The molecule has 1 atom stereocenters. The first-order chi connectivity index (χ1) is 8.25. The average molecular weight is 227 g/mol. The summed E-state index contributed by atoms with van der Waals surface area (Å²) >= 11 is 0. The van der Waals surface area contributed by atoms with Crippen LogP contribution in [0.2, 0.25) is 0 Å². The number of allylic oxidation sites excluding steroid dienone is 1. The molecule has 2 heteroatoms. The molecule has 2 aromatic rings. The van der Waals surface area contributed by atoms with Crippen molar-refractivity contribution in [3.8, 4) is 0 Å². The zero-order valence-corrected chi connectivity index (χ0v) is 9.95. The number of hydrogen-bond acceptors (Lipinski definition) is 1. The maximum Gasteiger partial charge on any atom is 0.0776 e. The lowest BCUT2D eigenvalue weighted by atomic mass is 10.2. The van der Waals surface area contributed by atoms with Crippen molar-refractivity contribution >= 4 is 6.08 Å². The highest BCUT2D eigenvalue weighted by Gasteiger charge is 2.00. The minimum absolute atomic E-state index is 0.394. The zero-order valence-electron chi connectivity index (χ0n) is 9.95. The first-order valence-electron chi connectivity index (χ1n) is 5.81. The Labute approximate surface area is 102 Å². The maximum atomic E-state index is 9.41. The Morgan fingerprint density at radius 1 is 1.24 bits per heavy atom. The standard InChI is InChI=1S/C15H17NO/c1-13(17)15-9-11-16(12-15)10-5-8-14-6-3-2-4-7-14/h2-9,11-13,17H,10H2,1H3. The number of rotatable bonds is 4. The molecule has 0 fully saturated rings. The number of nitrogens with zero attached hydrogens (tertiary/aromatic N) is 1. The van der Waals surface area contributed by atoms with Crippen molar-refractivity contribution in [2.45, 2.75) is 19.6 Å². The van der Waals surface area contributed by atoms with Gasteiger partial charge in [-0.05, 0) is 24.1 Å². The van der Waals surface area contributed by atoms with E-state index < -0.39 is 6.10 Å². The van der Waals surface area contributed by atoms with E-state index in [0.29, 0.717) is 0 Å². The van der Waals surface area contributed by atoms with Gasteiger partial charge in [-0.1, -0.05) is 42.5 Å². The van der Waals surface area contributed by atoms with E-state index in [9.17, 15) is 5.11 Å². The molecule has 0 saturated heterocycles. The second-order valence-corrected chi connectivity index (χ2v) is 4.13. The molecule has 0 amide bonds. The Balaban J connectivity index is 1.95. The molecule has 1 heterocycles. The van der Waals surface area contributed by atoms with Crippen molar-refractivity contribution in [2.24, 2.45) is 0 Å². The zero-order chi connectivity index (χ0) is 12.1. The average Bonchev–Trinajstić information content (AvgIpc) is 2.79. The molecule has 1 aromatic heterocycles. The Bertz CT molecular complexity index is 483. The molecule has 0 radical (unpaired) electrons. The van der Waals surface area contributed by atoms with Crippen LogP contribution in [0.25, 0.3) is 6.08 Å². The normalized spacial score (nSPS) is 13.1. The highest BCUT2D eigenvalue weighted by molar-refractivity contribution is 5.48. The molecule has 0 bridgehead atoms. The molecule has 2 nitrogen and oxygen atoms in total. The molecule has 1 aromatic carbocycles. The summed E-state index contributed by atoms with van der Waals surface area (Å²) in [5.74, 6) is 0. The van der Waals surface area contributed by atoms with E-state index in [-0.39, 0.29) is 0 Å². The van der Waals surface area contributed by atoms with Gasteiger partial charge in [0.05, 0.1) is 6.10 Å². The highest BCUT2D eigenvalue weighted by Crippen LogP contribution is 2.12. The van der Waals surface area contributed by atoms with Gasteiger partial charge in [0.2, 0.25) is 0 Å². The van der Waals surface area contributed by atoms with Gasteiger partial charge in [0.15, 0.2) is 0 Å². The Hall–Kier alpha value is -1.80. The first-order valence-corrected chi connectivity index (χ1v) is 5.81. The third kappa shape index (κ3) is 3.33. The van der Waals surface area contributed by atoms with Crippen LogP contribution in [-0.4, -0.2) is 9.67 Å². The molecular weight excluding hydrogens is 210 g/mol. The summed E-state index contributed by atoms with van der Waals surface area (Å²) in [6.07, 6.45) is 7.77. The van der Waals surface area contributed by atoms with E-state index in [0.717, 1.165) is 12.1 Å². The summed E-state index contributed by atoms with van der Waals surface area (Å²) in [6, 6.07) is 12.2. The van der Waals surface area contributed by atoms with Crippen LogP contribution in [-0.2, 0) is 6.54 Å². The van der Waals surface area contributed by atoms with Crippen LogP contribution in [0.1, 0.15) is 24.2 Å². The molecular formula is C15H17NO. The van der Waals surface area contributed by atoms with Crippen molar-refractivity contribution in [1.29, 1.82) is 0 Å². The molecule has 0 aliphatic rings. The summed E-state index contributed by atoms with van der Waals surface area (Å²) in [7, 11) is 0. The largest absolute Gasteiger partial charge is 0.389 e. The maximum absolute atomic E-state index is 9.41. The van der Waals surface area contributed by atoms with E-state index in [1.54, 1.807) is 6.92 Å². The summed E-state index contributed by atoms with van der Waals surface area (Å²) in [4.78, 5) is 0. The van der Waals surface area contributed by atoms with Crippen LogP contribution in [0.3, 0.4) is 0 Å². The smallest absolute Gasteiger partial charge is 0.0776 e. The van der Waals surface area contributed by atoms with Crippen molar-refractivity contribution in [3.63, 3.8) is 0 Å². The van der Waals surface area contributed by atoms with Gasteiger partial charge in [-0.15, -0.1) is 0 Å². The van der Waals surface area contributed by atoms with Gasteiger partial charge in [-0.3, -0.25) is 0 Å². The van der Waals surface area contributed by atoms with Gasteiger partial charge in [0.1, 0.15) is 0 Å². The molecule has 0 saturated carbocycles. The Morgan fingerprint density at radius 2 is 2.00 bits per heavy atom. The molecule has 0 aliphatic heterocycles. The minimum atomic E-state index is -0.394.